The van der Waals surface area contributed by atoms with Crippen molar-refractivity contribution in [3.63, 3.8) is 0 Å². The molecule has 0 unspecified atom stereocenters. The first-order valence-corrected chi connectivity index (χ1v) is 7.59. The van der Waals surface area contributed by atoms with Crippen molar-refractivity contribution < 1.29 is 4.18 Å². The van der Waals surface area contributed by atoms with Crippen LogP contribution >= 0.6 is 10.3 Å². The zero-order valence-corrected chi connectivity index (χ0v) is 11.4. The molecule has 0 radical (unpaired) electrons. The Kier molecular flexibility index (Phi) is 3.39. The fraction of sp³-hybridized carbons (Fsp3) is 0.538. The smallest absolute Gasteiger partial charge is 0.134 e. The minimum atomic E-state index is -1.06. The van der Waals surface area contributed by atoms with E-state index in [0.29, 0.717) is 0 Å². The second-order valence-electron chi connectivity index (χ2n) is 5.24. The van der Waals surface area contributed by atoms with Crippen LogP contribution in [-0.4, -0.2) is 17.3 Å². The highest BCUT2D eigenvalue weighted by Gasteiger charge is 2.29. The quantitative estimate of drug-likeness (QED) is 0.736. The minimum Gasteiger partial charge on any atom is -0.449 e. The molecule has 1 rings (SSSR count). The van der Waals surface area contributed by atoms with Crippen LogP contribution in [0.4, 0.5) is 0 Å². The summed E-state index contributed by atoms with van der Waals surface area (Å²) in [6, 6.07) is 8.28. The molecule has 0 atom stereocenters. The van der Waals surface area contributed by atoms with E-state index in [1.165, 1.54) is 5.56 Å². The van der Waals surface area contributed by atoms with Gasteiger partial charge in [-0.05, 0) is 52.3 Å². The molecule has 1 nitrogen and oxygen atoms in total. The lowest BCUT2D eigenvalue weighted by Crippen LogP contribution is -2.27. The Morgan fingerprint density at radius 1 is 1.00 bits per heavy atom. The fourth-order valence-corrected chi connectivity index (χ4v) is 1.80. The van der Waals surface area contributed by atoms with E-state index in [1.807, 2.05) is 0 Å². The number of benzene rings is 1. The van der Waals surface area contributed by atoms with E-state index in [0.717, 1.165) is 5.75 Å². The van der Waals surface area contributed by atoms with Crippen molar-refractivity contribution in [3.05, 3.63) is 29.8 Å². The summed E-state index contributed by atoms with van der Waals surface area (Å²) in [6.07, 6.45) is 4.43. The molecule has 0 bridgehead atoms. The SMILES string of the molecule is Cc1ccc(OS(C)(C)C(C)(C)C)cc1. The van der Waals surface area contributed by atoms with Crippen LogP contribution in [0.3, 0.4) is 0 Å². The monoisotopic (exact) mass is 226 g/mol. The molecule has 0 N–H and O–H groups in total. The lowest BCUT2D eigenvalue weighted by Gasteiger charge is -2.43. The number of rotatable bonds is 2. The van der Waals surface area contributed by atoms with Gasteiger partial charge in [-0.1, -0.05) is 28.0 Å². The van der Waals surface area contributed by atoms with Gasteiger partial charge in [0.1, 0.15) is 5.75 Å². The van der Waals surface area contributed by atoms with Crippen molar-refractivity contribution in [1.82, 2.24) is 0 Å². The number of hydrogen-bond acceptors (Lipinski definition) is 1. The van der Waals surface area contributed by atoms with Gasteiger partial charge in [-0.25, -0.2) is 0 Å². The van der Waals surface area contributed by atoms with Gasteiger partial charge in [0.15, 0.2) is 0 Å². The predicted octanol–water partition coefficient (Wildman–Crippen LogP) is 4.15. The van der Waals surface area contributed by atoms with Gasteiger partial charge in [0, 0.05) is 4.75 Å². The summed E-state index contributed by atoms with van der Waals surface area (Å²) in [4.78, 5) is 0. The lowest BCUT2D eigenvalue weighted by molar-refractivity contribution is 0.586. The molecule has 86 valence electrons. The van der Waals surface area contributed by atoms with Crippen LogP contribution in [0.15, 0.2) is 24.3 Å². The normalized spacial score (nSPS) is 13.7. The summed E-state index contributed by atoms with van der Waals surface area (Å²) in [5.74, 6) is 0.982. The van der Waals surface area contributed by atoms with Crippen molar-refractivity contribution in [1.29, 1.82) is 0 Å². The van der Waals surface area contributed by atoms with E-state index in [-0.39, 0.29) is 4.75 Å². The second-order valence-corrected chi connectivity index (χ2v) is 9.10. The van der Waals surface area contributed by atoms with E-state index in [2.05, 4.69) is 64.5 Å². The van der Waals surface area contributed by atoms with E-state index in [1.54, 1.807) is 0 Å². The van der Waals surface area contributed by atoms with Gasteiger partial charge in [-0.3, -0.25) is 0 Å². The molecular formula is C13H22OS. The Hall–Kier alpha value is -0.630. The van der Waals surface area contributed by atoms with Crippen molar-refractivity contribution in [2.75, 3.05) is 12.5 Å². The lowest BCUT2D eigenvalue weighted by atomic mass is 10.2. The molecule has 0 aromatic heterocycles. The van der Waals surface area contributed by atoms with Crippen molar-refractivity contribution in [2.24, 2.45) is 0 Å². The van der Waals surface area contributed by atoms with Crippen molar-refractivity contribution >= 4 is 10.3 Å². The first kappa shape index (κ1) is 12.4. The predicted molar refractivity (Wildman–Crippen MR) is 71.0 cm³/mol. The second kappa shape index (κ2) is 4.09. The van der Waals surface area contributed by atoms with Crippen molar-refractivity contribution in [2.45, 2.75) is 32.4 Å². The summed E-state index contributed by atoms with van der Waals surface area (Å²) in [7, 11) is -1.06. The summed E-state index contributed by atoms with van der Waals surface area (Å²) in [5, 5.41) is 0. The summed E-state index contributed by atoms with van der Waals surface area (Å²) in [5.41, 5.74) is 1.27. The first-order valence-electron chi connectivity index (χ1n) is 5.21. The molecule has 0 saturated carbocycles. The van der Waals surface area contributed by atoms with Crippen molar-refractivity contribution in [3.8, 4) is 5.75 Å². The largest absolute Gasteiger partial charge is 0.449 e. The third-order valence-corrected chi connectivity index (χ3v) is 6.36. The highest BCUT2D eigenvalue weighted by molar-refractivity contribution is 8.30. The standard InChI is InChI=1S/C13H22OS/c1-11-7-9-12(10-8-11)14-15(5,6)13(2,3)4/h7-10H,1-6H3. The van der Waals surface area contributed by atoms with Gasteiger partial charge >= 0.3 is 0 Å². The molecule has 1 aromatic carbocycles. The number of aryl methyl sites for hydroxylation is 1. The maximum atomic E-state index is 6.10. The van der Waals surface area contributed by atoms with Crippen LogP contribution in [0.1, 0.15) is 26.3 Å². The van der Waals surface area contributed by atoms with E-state index in [9.17, 15) is 0 Å². The Balaban J connectivity index is 2.82. The first-order chi connectivity index (χ1) is 6.72. The van der Waals surface area contributed by atoms with Gasteiger partial charge in [0.05, 0.1) is 0 Å². The van der Waals surface area contributed by atoms with Gasteiger partial charge in [0.25, 0.3) is 0 Å². The highest BCUT2D eigenvalue weighted by atomic mass is 32.3. The van der Waals surface area contributed by atoms with Gasteiger partial charge < -0.3 is 4.18 Å². The molecule has 0 spiro atoms. The van der Waals surface area contributed by atoms with Gasteiger partial charge in [0.2, 0.25) is 0 Å². The molecule has 15 heavy (non-hydrogen) atoms. The Morgan fingerprint density at radius 2 is 1.47 bits per heavy atom. The molecule has 1 aromatic rings. The summed E-state index contributed by atoms with van der Waals surface area (Å²) in [6.45, 7) is 8.79. The third kappa shape index (κ3) is 3.16. The van der Waals surface area contributed by atoms with E-state index < -0.39 is 10.3 Å². The average molecular weight is 226 g/mol. The Labute approximate surface area is 95.4 Å². The molecule has 2 heteroatoms. The maximum absolute atomic E-state index is 6.10. The van der Waals surface area contributed by atoms with Gasteiger partial charge in [-0.2, -0.15) is 0 Å². The van der Waals surface area contributed by atoms with E-state index in [4.69, 9.17) is 4.18 Å². The molecule has 0 aliphatic rings. The average Bonchev–Trinajstić information content (AvgIpc) is 2.06. The zero-order chi connectivity index (χ0) is 11.7. The van der Waals surface area contributed by atoms with Crippen LogP contribution < -0.4 is 4.18 Å². The molecule has 0 heterocycles. The Bertz CT molecular complexity index is 319. The molecule has 0 saturated heterocycles. The fourth-order valence-electron chi connectivity index (χ4n) is 0.959. The molecule has 0 fully saturated rings. The topological polar surface area (TPSA) is 9.23 Å². The van der Waals surface area contributed by atoms with E-state index >= 15 is 0 Å². The van der Waals surface area contributed by atoms with Crippen LogP contribution in [-0.2, 0) is 0 Å². The van der Waals surface area contributed by atoms with Crippen LogP contribution in [0, 0.1) is 6.92 Å². The summed E-state index contributed by atoms with van der Waals surface area (Å²) >= 11 is 0. The van der Waals surface area contributed by atoms with Crippen LogP contribution in [0.5, 0.6) is 5.75 Å². The molecular weight excluding hydrogens is 204 g/mol. The number of hydrogen-bond donors (Lipinski definition) is 0. The van der Waals surface area contributed by atoms with Crippen LogP contribution in [0.25, 0.3) is 0 Å². The third-order valence-electron chi connectivity index (χ3n) is 2.80. The Morgan fingerprint density at radius 3 is 1.87 bits per heavy atom. The minimum absolute atomic E-state index is 0.206. The molecule has 0 aliphatic heterocycles. The van der Waals surface area contributed by atoms with Gasteiger partial charge in [-0.15, -0.1) is 0 Å². The molecule has 0 amide bonds. The maximum Gasteiger partial charge on any atom is 0.134 e. The molecule has 0 aliphatic carbocycles. The van der Waals surface area contributed by atoms with Crippen LogP contribution in [0.2, 0.25) is 0 Å². The summed E-state index contributed by atoms with van der Waals surface area (Å²) < 4.78 is 6.31. The highest BCUT2D eigenvalue weighted by Crippen LogP contribution is 2.53. The zero-order valence-electron chi connectivity index (χ0n) is 10.6.